The molecule has 0 bridgehead atoms. The van der Waals surface area contributed by atoms with E-state index in [1.165, 1.54) is 6.33 Å². The van der Waals surface area contributed by atoms with E-state index in [1.54, 1.807) is 6.07 Å². The third-order valence-electron chi connectivity index (χ3n) is 2.10. The van der Waals surface area contributed by atoms with Gasteiger partial charge < -0.3 is 0 Å². The van der Waals surface area contributed by atoms with E-state index >= 15 is 0 Å². The van der Waals surface area contributed by atoms with Crippen molar-refractivity contribution in [3.05, 3.63) is 30.6 Å². The Morgan fingerprint density at radius 3 is 3.00 bits per heavy atom. The van der Waals surface area contributed by atoms with Crippen LogP contribution >= 0.6 is 0 Å². The smallest absolute Gasteiger partial charge is 0.252 e. The number of benzene rings is 1. The zero-order valence-electron chi connectivity index (χ0n) is 8.84. The fourth-order valence-electron chi connectivity index (χ4n) is 1.35. The van der Waals surface area contributed by atoms with E-state index in [0.29, 0.717) is 5.82 Å². The van der Waals surface area contributed by atoms with Crippen LogP contribution in [0.5, 0.6) is 0 Å². The number of hydrogen-bond acceptors (Lipinski definition) is 5. The largest absolute Gasteiger partial charge is 0.281 e. The number of aromatic nitrogens is 2. The fourth-order valence-corrected chi connectivity index (χ4v) is 1.35. The molecule has 6 heteroatoms. The lowest BCUT2D eigenvalue weighted by molar-refractivity contribution is -0.119. The van der Waals surface area contributed by atoms with Crippen LogP contribution in [0, 0.1) is 11.3 Å². The normalized spacial score (nSPS) is 9.59. The summed E-state index contributed by atoms with van der Waals surface area (Å²) in [6, 6.07) is 9.17. The number of rotatable bonds is 3. The van der Waals surface area contributed by atoms with Crippen LogP contribution in [0.1, 0.15) is 6.42 Å². The number of hydrazine groups is 1. The SMILES string of the molecule is N#CCC(=O)NNc1ncnc2ccccc12. The van der Waals surface area contributed by atoms with E-state index in [4.69, 9.17) is 5.26 Å². The summed E-state index contributed by atoms with van der Waals surface area (Å²) in [5.74, 6) is 0.0945. The number of nitrogens with one attached hydrogen (secondary N) is 2. The minimum absolute atomic E-state index is 0.198. The number of para-hydroxylation sites is 1. The Bertz CT molecular complexity index is 584. The van der Waals surface area contributed by atoms with Crippen molar-refractivity contribution in [1.82, 2.24) is 15.4 Å². The van der Waals surface area contributed by atoms with Crippen LogP contribution < -0.4 is 10.9 Å². The van der Waals surface area contributed by atoms with E-state index in [2.05, 4.69) is 20.8 Å². The molecule has 6 nitrogen and oxygen atoms in total. The van der Waals surface area contributed by atoms with Crippen molar-refractivity contribution in [3.8, 4) is 6.07 Å². The van der Waals surface area contributed by atoms with Gasteiger partial charge in [0, 0.05) is 5.39 Å². The number of fused-ring (bicyclic) bond motifs is 1. The summed E-state index contributed by atoms with van der Waals surface area (Å²) in [5, 5.41) is 9.14. The molecule has 0 fully saturated rings. The molecule has 1 amide bonds. The monoisotopic (exact) mass is 227 g/mol. The third kappa shape index (κ3) is 2.46. The molecule has 0 spiro atoms. The highest BCUT2D eigenvalue weighted by atomic mass is 16.2. The summed E-state index contributed by atoms with van der Waals surface area (Å²) in [5.41, 5.74) is 5.84. The van der Waals surface area contributed by atoms with Gasteiger partial charge in [-0.1, -0.05) is 12.1 Å². The summed E-state index contributed by atoms with van der Waals surface area (Å²) in [4.78, 5) is 19.2. The van der Waals surface area contributed by atoms with Crippen LogP contribution in [-0.2, 0) is 4.79 Å². The zero-order valence-corrected chi connectivity index (χ0v) is 8.84. The summed E-state index contributed by atoms with van der Waals surface area (Å²) < 4.78 is 0. The third-order valence-corrected chi connectivity index (χ3v) is 2.10. The van der Waals surface area contributed by atoms with E-state index < -0.39 is 5.91 Å². The predicted molar refractivity (Wildman–Crippen MR) is 61.5 cm³/mol. The summed E-state index contributed by atoms with van der Waals surface area (Å²) in [7, 11) is 0. The molecule has 0 radical (unpaired) electrons. The van der Waals surface area contributed by atoms with Crippen molar-refractivity contribution in [2.75, 3.05) is 5.43 Å². The Morgan fingerprint density at radius 1 is 1.35 bits per heavy atom. The van der Waals surface area contributed by atoms with Gasteiger partial charge in [-0.2, -0.15) is 5.26 Å². The van der Waals surface area contributed by atoms with Gasteiger partial charge in [-0.05, 0) is 12.1 Å². The van der Waals surface area contributed by atoms with Gasteiger partial charge >= 0.3 is 0 Å². The molecule has 0 unspecified atom stereocenters. The molecular formula is C11H9N5O. The number of carbonyl (C=O) groups excluding carboxylic acids is 1. The minimum atomic E-state index is -0.407. The van der Waals surface area contributed by atoms with E-state index in [0.717, 1.165) is 10.9 Å². The van der Waals surface area contributed by atoms with Crippen LogP contribution in [0.15, 0.2) is 30.6 Å². The first-order chi connectivity index (χ1) is 8.31. The summed E-state index contributed by atoms with van der Waals surface area (Å²) in [6.45, 7) is 0. The number of anilines is 1. The molecule has 0 saturated carbocycles. The quantitative estimate of drug-likeness (QED) is 0.763. The second-order valence-corrected chi connectivity index (χ2v) is 3.25. The second-order valence-electron chi connectivity index (χ2n) is 3.25. The van der Waals surface area contributed by atoms with Crippen LogP contribution in [0.2, 0.25) is 0 Å². The van der Waals surface area contributed by atoms with Crippen molar-refractivity contribution in [2.24, 2.45) is 0 Å². The molecule has 1 aromatic heterocycles. The second kappa shape index (κ2) is 4.90. The lowest BCUT2D eigenvalue weighted by Crippen LogP contribution is -2.29. The summed E-state index contributed by atoms with van der Waals surface area (Å²) >= 11 is 0. The van der Waals surface area contributed by atoms with Gasteiger partial charge in [-0.25, -0.2) is 9.97 Å². The Labute approximate surface area is 97.3 Å². The van der Waals surface area contributed by atoms with Crippen molar-refractivity contribution >= 4 is 22.6 Å². The molecule has 2 aromatic rings. The molecule has 84 valence electrons. The average Bonchev–Trinajstić information content (AvgIpc) is 2.36. The molecule has 0 atom stereocenters. The summed E-state index contributed by atoms with van der Waals surface area (Å²) in [6.07, 6.45) is 1.21. The Balaban J connectivity index is 2.19. The first-order valence-electron chi connectivity index (χ1n) is 4.93. The molecule has 0 aliphatic carbocycles. The average molecular weight is 227 g/mol. The molecular weight excluding hydrogens is 218 g/mol. The standard InChI is InChI=1S/C11H9N5O/c12-6-5-10(17)15-16-11-8-3-1-2-4-9(8)13-7-14-11/h1-4,7H,5H2,(H,15,17)(H,13,14,16). The van der Waals surface area contributed by atoms with Gasteiger partial charge in [0.25, 0.3) is 5.91 Å². The number of carbonyl (C=O) groups is 1. The van der Waals surface area contributed by atoms with E-state index in [9.17, 15) is 4.79 Å². The zero-order chi connectivity index (χ0) is 12.1. The number of hydrogen-bond donors (Lipinski definition) is 2. The van der Waals surface area contributed by atoms with Gasteiger partial charge in [0.2, 0.25) is 0 Å². The van der Waals surface area contributed by atoms with Crippen molar-refractivity contribution in [1.29, 1.82) is 5.26 Å². The molecule has 1 aromatic carbocycles. The molecule has 0 aliphatic heterocycles. The molecule has 0 aliphatic rings. The number of amides is 1. The Kier molecular flexibility index (Phi) is 3.12. The maximum Gasteiger partial charge on any atom is 0.252 e. The van der Waals surface area contributed by atoms with Crippen molar-refractivity contribution < 1.29 is 4.79 Å². The lowest BCUT2D eigenvalue weighted by Gasteiger charge is -2.07. The first-order valence-corrected chi connectivity index (χ1v) is 4.93. The van der Waals surface area contributed by atoms with Crippen LogP contribution in [-0.4, -0.2) is 15.9 Å². The number of nitriles is 1. The van der Waals surface area contributed by atoms with Crippen LogP contribution in [0.25, 0.3) is 10.9 Å². The molecule has 17 heavy (non-hydrogen) atoms. The highest BCUT2D eigenvalue weighted by Gasteiger charge is 2.03. The first kappa shape index (κ1) is 10.8. The van der Waals surface area contributed by atoms with E-state index in [-0.39, 0.29) is 6.42 Å². The molecule has 0 saturated heterocycles. The van der Waals surface area contributed by atoms with Gasteiger partial charge in [0.05, 0.1) is 11.6 Å². The fraction of sp³-hybridized carbons (Fsp3) is 0.0909. The molecule has 2 rings (SSSR count). The van der Waals surface area contributed by atoms with Crippen molar-refractivity contribution in [3.63, 3.8) is 0 Å². The Hall–Kier alpha value is -2.68. The Morgan fingerprint density at radius 2 is 2.18 bits per heavy atom. The molecule has 1 heterocycles. The van der Waals surface area contributed by atoms with Gasteiger partial charge in [0.15, 0.2) is 5.82 Å². The topological polar surface area (TPSA) is 90.7 Å². The van der Waals surface area contributed by atoms with Gasteiger partial charge in [-0.15, -0.1) is 0 Å². The van der Waals surface area contributed by atoms with E-state index in [1.807, 2.05) is 24.3 Å². The predicted octanol–water partition coefficient (Wildman–Crippen LogP) is 0.987. The van der Waals surface area contributed by atoms with Crippen LogP contribution in [0.4, 0.5) is 5.82 Å². The lowest BCUT2D eigenvalue weighted by atomic mass is 10.2. The number of nitrogens with zero attached hydrogens (tertiary/aromatic N) is 3. The van der Waals surface area contributed by atoms with Crippen LogP contribution in [0.3, 0.4) is 0 Å². The minimum Gasteiger partial charge on any atom is -0.281 e. The highest BCUT2D eigenvalue weighted by Crippen LogP contribution is 2.17. The highest BCUT2D eigenvalue weighted by molar-refractivity contribution is 5.89. The van der Waals surface area contributed by atoms with Crippen molar-refractivity contribution in [2.45, 2.75) is 6.42 Å². The van der Waals surface area contributed by atoms with Gasteiger partial charge in [-0.3, -0.25) is 15.6 Å². The molecule has 2 N–H and O–H groups in total. The maximum atomic E-state index is 11.1. The van der Waals surface area contributed by atoms with Gasteiger partial charge in [0.1, 0.15) is 12.7 Å². The maximum absolute atomic E-state index is 11.1.